The molecule has 5 nitrogen and oxygen atoms in total. The summed E-state index contributed by atoms with van der Waals surface area (Å²) in [5.41, 5.74) is 2.41. The first-order valence-corrected chi connectivity index (χ1v) is 6.94. The van der Waals surface area contributed by atoms with Crippen LogP contribution in [0.3, 0.4) is 0 Å². The lowest BCUT2D eigenvalue weighted by atomic mass is 10.2. The van der Waals surface area contributed by atoms with Crippen LogP contribution in [-0.2, 0) is 6.54 Å². The zero-order chi connectivity index (χ0) is 14.7. The van der Waals surface area contributed by atoms with Gasteiger partial charge in [-0.1, -0.05) is 18.2 Å². The Labute approximate surface area is 123 Å². The molecule has 0 unspecified atom stereocenters. The van der Waals surface area contributed by atoms with E-state index in [9.17, 15) is 0 Å². The second-order valence-corrected chi connectivity index (χ2v) is 4.78. The molecule has 0 N–H and O–H groups in total. The van der Waals surface area contributed by atoms with Gasteiger partial charge in [-0.25, -0.2) is 0 Å². The molecule has 0 spiro atoms. The summed E-state index contributed by atoms with van der Waals surface area (Å²) in [4.78, 5) is 2.20. The first-order chi connectivity index (χ1) is 10.3. The van der Waals surface area contributed by atoms with Crippen molar-refractivity contribution in [2.45, 2.75) is 20.4 Å². The van der Waals surface area contributed by atoms with Gasteiger partial charge in [-0.2, -0.15) is 0 Å². The lowest BCUT2D eigenvalue weighted by Crippen LogP contribution is -2.23. The van der Waals surface area contributed by atoms with E-state index in [1.807, 2.05) is 12.1 Å². The number of rotatable bonds is 5. The number of hydrogen-bond acceptors (Lipinski definition) is 5. The number of nitrogens with zero attached hydrogens (tertiary/aromatic N) is 3. The summed E-state index contributed by atoms with van der Waals surface area (Å²) in [5, 5.41) is 8.12. The van der Waals surface area contributed by atoms with Crippen LogP contribution in [0.2, 0.25) is 0 Å². The highest BCUT2D eigenvalue weighted by molar-refractivity contribution is 5.52. The Hall–Kier alpha value is -2.56. The van der Waals surface area contributed by atoms with Gasteiger partial charge in [0.2, 0.25) is 5.89 Å². The predicted molar refractivity (Wildman–Crippen MR) is 79.9 cm³/mol. The van der Waals surface area contributed by atoms with Crippen molar-refractivity contribution >= 4 is 5.69 Å². The predicted octanol–water partition coefficient (Wildman–Crippen LogP) is 3.66. The van der Waals surface area contributed by atoms with Crippen LogP contribution in [-0.4, -0.2) is 16.7 Å². The zero-order valence-electron chi connectivity index (χ0n) is 12.1. The third-order valence-corrected chi connectivity index (χ3v) is 3.36. The molecule has 5 heteroatoms. The van der Waals surface area contributed by atoms with Crippen LogP contribution in [0.1, 0.15) is 18.4 Å². The molecule has 0 aliphatic rings. The summed E-state index contributed by atoms with van der Waals surface area (Å²) in [5.74, 6) is 1.58. The van der Waals surface area contributed by atoms with Crippen LogP contribution < -0.4 is 4.90 Å². The molecule has 0 amide bonds. The molecular weight excluding hydrogens is 266 g/mol. The Bertz CT molecular complexity index is 704. The molecule has 0 atom stereocenters. The molecule has 0 bridgehead atoms. The fourth-order valence-corrected chi connectivity index (χ4v) is 2.27. The van der Waals surface area contributed by atoms with Crippen molar-refractivity contribution in [1.29, 1.82) is 0 Å². The van der Waals surface area contributed by atoms with E-state index < -0.39 is 0 Å². The van der Waals surface area contributed by atoms with E-state index in [4.69, 9.17) is 8.83 Å². The summed E-state index contributed by atoms with van der Waals surface area (Å²) >= 11 is 0. The maximum absolute atomic E-state index is 5.66. The Kier molecular flexibility index (Phi) is 3.73. The Morgan fingerprint density at radius 2 is 1.95 bits per heavy atom. The van der Waals surface area contributed by atoms with Gasteiger partial charge in [-0.05, 0) is 37.6 Å². The minimum atomic E-state index is 0.413. The van der Waals surface area contributed by atoms with E-state index in [1.165, 1.54) is 11.3 Å². The molecule has 0 aliphatic heterocycles. The molecule has 3 rings (SSSR count). The van der Waals surface area contributed by atoms with Gasteiger partial charge < -0.3 is 13.7 Å². The Balaban J connectivity index is 1.80. The number of aryl methyl sites for hydroxylation is 1. The summed E-state index contributed by atoms with van der Waals surface area (Å²) in [7, 11) is 0. The molecule has 21 heavy (non-hydrogen) atoms. The first kappa shape index (κ1) is 13.4. The molecular formula is C16H17N3O2. The molecule has 1 aromatic carbocycles. The molecule has 108 valence electrons. The van der Waals surface area contributed by atoms with Crippen LogP contribution in [0.4, 0.5) is 5.69 Å². The molecule has 0 aliphatic carbocycles. The van der Waals surface area contributed by atoms with Gasteiger partial charge in [-0.15, -0.1) is 10.2 Å². The second kappa shape index (κ2) is 5.83. The number of furan rings is 1. The van der Waals surface area contributed by atoms with Gasteiger partial charge in [0, 0.05) is 12.2 Å². The lowest BCUT2D eigenvalue weighted by molar-refractivity contribution is 0.476. The van der Waals surface area contributed by atoms with Crippen molar-refractivity contribution < 1.29 is 8.83 Å². The van der Waals surface area contributed by atoms with Gasteiger partial charge in [0.05, 0.1) is 12.8 Å². The maximum Gasteiger partial charge on any atom is 0.283 e. The summed E-state index contributed by atoms with van der Waals surface area (Å²) in [6.45, 7) is 5.65. The van der Waals surface area contributed by atoms with Crippen molar-refractivity contribution in [2.75, 3.05) is 11.4 Å². The number of para-hydroxylation sites is 1. The van der Waals surface area contributed by atoms with Crippen molar-refractivity contribution in [3.8, 4) is 11.7 Å². The van der Waals surface area contributed by atoms with Crippen molar-refractivity contribution in [3.05, 3.63) is 54.1 Å². The lowest BCUT2D eigenvalue weighted by Gasteiger charge is -2.23. The first-order valence-electron chi connectivity index (χ1n) is 6.94. The fourth-order valence-electron chi connectivity index (χ4n) is 2.27. The molecule has 0 saturated heterocycles. The minimum Gasteiger partial charge on any atom is -0.459 e. The number of aromatic nitrogens is 2. The third-order valence-electron chi connectivity index (χ3n) is 3.36. The quantitative estimate of drug-likeness (QED) is 0.715. The average molecular weight is 283 g/mol. The number of benzene rings is 1. The molecule has 2 heterocycles. The Morgan fingerprint density at radius 1 is 1.10 bits per heavy atom. The van der Waals surface area contributed by atoms with Crippen molar-refractivity contribution in [2.24, 2.45) is 0 Å². The molecule has 2 aromatic heterocycles. The topological polar surface area (TPSA) is 55.3 Å². The normalized spacial score (nSPS) is 10.8. The van der Waals surface area contributed by atoms with E-state index in [0.29, 0.717) is 24.1 Å². The minimum absolute atomic E-state index is 0.413. The number of hydrogen-bond donors (Lipinski definition) is 0. The van der Waals surface area contributed by atoms with Crippen LogP contribution >= 0.6 is 0 Å². The van der Waals surface area contributed by atoms with Crippen LogP contribution in [0.25, 0.3) is 11.7 Å². The second-order valence-electron chi connectivity index (χ2n) is 4.78. The highest BCUT2D eigenvalue weighted by atomic mass is 16.4. The third kappa shape index (κ3) is 2.81. The van der Waals surface area contributed by atoms with E-state index in [-0.39, 0.29) is 0 Å². The van der Waals surface area contributed by atoms with Gasteiger partial charge in [0.1, 0.15) is 0 Å². The van der Waals surface area contributed by atoms with Crippen LogP contribution in [0, 0.1) is 6.92 Å². The van der Waals surface area contributed by atoms with Crippen molar-refractivity contribution in [1.82, 2.24) is 10.2 Å². The largest absolute Gasteiger partial charge is 0.459 e. The highest BCUT2D eigenvalue weighted by Crippen LogP contribution is 2.23. The smallest absolute Gasteiger partial charge is 0.283 e. The highest BCUT2D eigenvalue weighted by Gasteiger charge is 2.14. The fraction of sp³-hybridized carbons (Fsp3) is 0.250. The van der Waals surface area contributed by atoms with Gasteiger partial charge >= 0.3 is 0 Å². The molecule has 0 radical (unpaired) electrons. The summed E-state index contributed by atoms with van der Waals surface area (Å²) < 4.78 is 10.9. The Morgan fingerprint density at radius 3 is 2.67 bits per heavy atom. The van der Waals surface area contributed by atoms with Crippen molar-refractivity contribution in [3.63, 3.8) is 0 Å². The average Bonchev–Trinajstić information content (AvgIpc) is 3.16. The standard InChI is InChI=1S/C16H17N3O2/c1-3-19(13-8-5-4-7-12(13)2)11-15-17-18-16(21-15)14-9-6-10-20-14/h4-10H,3,11H2,1-2H3. The van der Waals surface area contributed by atoms with Crippen LogP contribution in [0.5, 0.6) is 0 Å². The van der Waals surface area contributed by atoms with E-state index in [0.717, 1.165) is 6.54 Å². The molecule has 0 fully saturated rings. The maximum atomic E-state index is 5.66. The van der Waals surface area contributed by atoms with E-state index >= 15 is 0 Å². The zero-order valence-corrected chi connectivity index (χ0v) is 12.1. The SMILES string of the molecule is CCN(Cc1nnc(-c2ccco2)o1)c1ccccc1C. The molecule has 0 saturated carbocycles. The van der Waals surface area contributed by atoms with Gasteiger partial charge in [0.25, 0.3) is 5.89 Å². The monoisotopic (exact) mass is 283 g/mol. The number of anilines is 1. The van der Waals surface area contributed by atoms with Crippen LogP contribution in [0.15, 0.2) is 51.5 Å². The molecule has 3 aromatic rings. The van der Waals surface area contributed by atoms with Gasteiger partial charge in [0.15, 0.2) is 5.76 Å². The van der Waals surface area contributed by atoms with Gasteiger partial charge in [-0.3, -0.25) is 0 Å². The van der Waals surface area contributed by atoms with E-state index in [2.05, 4.69) is 41.1 Å². The van der Waals surface area contributed by atoms with E-state index in [1.54, 1.807) is 18.4 Å². The summed E-state index contributed by atoms with van der Waals surface area (Å²) in [6.07, 6.45) is 1.59. The summed E-state index contributed by atoms with van der Waals surface area (Å²) in [6, 6.07) is 11.9.